The van der Waals surface area contributed by atoms with Crippen LogP contribution in [0.4, 0.5) is 0 Å². The summed E-state index contributed by atoms with van der Waals surface area (Å²) in [6.45, 7) is 4.83. The van der Waals surface area contributed by atoms with Crippen LogP contribution in [0.5, 0.6) is 11.5 Å². The molecule has 0 saturated heterocycles. The molecule has 0 amide bonds. The maximum absolute atomic E-state index is 13.0. The second kappa shape index (κ2) is 9.02. The number of aryl methyl sites for hydroxylation is 2. The van der Waals surface area contributed by atoms with Crippen LogP contribution in [0.1, 0.15) is 38.1 Å². The smallest absolute Gasteiger partial charge is 0.332 e. The van der Waals surface area contributed by atoms with E-state index in [2.05, 4.69) is 4.98 Å². The first-order valence-corrected chi connectivity index (χ1v) is 10.1. The van der Waals surface area contributed by atoms with Crippen molar-refractivity contribution in [3.63, 3.8) is 0 Å². The van der Waals surface area contributed by atoms with E-state index in [1.165, 1.54) is 4.57 Å². The first kappa shape index (κ1) is 21.4. The summed E-state index contributed by atoms with van der Waals surface area (Å²) >= 11 is 0. The first-order chi connectivity index (χ1) is 14.5. The van der Waals surface area contributed by atoms with Crippen molar-refractivity contribution < 1.29 is 9.47 Å². The van der Waals surface area contributed by atoms with Crippen LogP contribution in [0.15, 0.2) is 27.8 Å². The topological polar surface area (TPSA) is 80.3 Å². The van der Waals surface area contributed by atoms with Gasteiger partial charge in [0.1, 0.15) is 17.3 Å². The minimum Gasteiger partial charge on any atom is -0.497 e. The van der Waals surface area contributed by atoms with E-state index in [0.717, 1.165) is 12.0 Å². The Morgan fingerprint density at radius 3 is 2.33 bits per heavy atom. The highest BCUT2D eigenvalue weighted by molar-refractivity contribution is 5.77. The van der Waals surface area contributed by atoms with E-state index in [0.29, 0.717) is 48.0 Å². The maximum Gasteiger partial charge on any atom is 0.332 e. The second-order valence-electron chi connectivity index (χ2n) is 7.03. The first-order valence-electron chi connectivity index (χ1n) is 10.1. The van der Waals surface area contributed by atoms with Crippen molar-refractivity contribution in [1.29, 1.82) is 0 Å². The predicted octanol–water partition coefficient (Wildman–Crippen LogP) is 2.90. The number of ether oxygens (including phenoxy) is 2. The molecule has 3 aromatic rings. The molecule has 8 heteroatoms. The van der Waals surface area contributed by atoms with Gasteiger partial charge in [-0.3, -0.25) is 13.9 Å². The highest BCUT2D eigenvalue weighted by atomic mass is 16.5. The molecular formula is C22H28N4O4. The van der Waals surface area contributed by atoms with Gasteiger partial charge in [0.05, 0.1) is 14.2 Å². The zero-order valence-corrected chi connectivity index (χ0v) is 18.1. The SMILES string of the molecule is CCCn1c(=O)c2c(nc(C=Cc3ccc(OC)cc3OC)n2C)n(CCC)c1=O. The lowest BCUT2D eigenvalue weighted by Crippen LogP contribution is -2.40. The minimum atomic E-state index is -0.305. The lowest BCUT2D eigenvalue weighted by Gasteiger charge is -2.10. The van der Waals surface area contributed by atoms with Gasteiger partial charge >= 0.3 is 5.69 Å². The number of fused-ring (bicyclic) bond motifs is 1. The Morgan fingerprint density at radius 1 is 1.00 bits per heavy atom. The molecule has 0 atom stereocenters. The molecule has 30 heavy (non-hydrogen) atoms. The minimum absolute atomic E-state index is 0.304. The highest BCUT2D eigenvalue weighted by Crippen LogP contribution is 2.26. The van der Waals surface area contributed by atoms with E-state index in [1.54, 1.807) is 36.5 Å². The Bertz CT molecular complexity index is 1200. The molecule has 0 spiro atoms. The van der Waals surface area contributed by atoms with Gasteiger partial charge in [-0.1, -0.05) is 13.8 Å². The van der Waals surface area contributed by atoms with Crippen LogP contribution < -0.4 is 20.7 Å². The van der Waals surface area contributed by atoms with Crippen molar-refractivity contribution in [3.8, 4) is 11.5 Å². The quantitative estimate of drug-likeness (QED) is 0.568. The molecule has 0 fully saturated rings. The number of nitrogens with zero attached hydrogens (tertiary/aromatic N) is 4. The Balaban J connectivity index is 2.17. The number of imidazole rings is 1. The van der Waals surface area contributed by atoms with Crippen LogP contribution in [0.25, 0.3) is 23.3 Å². The van der Waals surface area contributed by atoms with Gasteiger partial charge in [-0.05, 0) is 37.1 Å². The zero-order valence-electron chi connectivity index (χ0n) is 18.1. The third-order valence-electron chi connectivity index (χ3n) is 5.02. The van der Waals surface area contributed by atoms with Crippen LogP contribution in [-0.2, 0) is 20.1 Å². The molecule has 0 saturated carbocycles. The second-order valence-corrected chi connectivity index (χ2v) is 7.03. The van der Waals surface area contributed by atoms with Gasteiger partial charge in [0.15, 0.2) is 11.2 Å². The standard InChI is InChI=1S/C22H28N4O4/c1-6-12-25-20-19(21(27)26(13-7-2)22(25)28)24(3)18(23-20)11-9-15-8-10-16(29-4)14-17(15)30-5/h8-11,14H,6-7,12-13H2,1-5H3. The number of rotatable bonds is 8. The van der Waals surface area contributed by atoms with Gasteiger partial charge in [-0.25, -0.2) is 9.78 Å². The zero-order chi connectivity index (χ0) is 21.8. The van der Waals surface area contributed by atoms with Crippen LogP contribution in [0.3, 0.4) is 0 Å². The van der Waals surface area contributed by atoms with E-state index < -0.39 is 0 Å². The number of hydrogen-bond acceptors (Lipinski definition) is 5. The van der Waals surface area contributed by atoms with Crippen LogP contribution in [-0.4, -0.2) is 32.9 Å². The number of aromatic nitrogens is 4. The molecule has 2 heterocycles. The van der Waals surface area contributed by atoms with E-state index in [9.17, 15) is 9.59 Å². The van der Waals surface area contributed by atoms with E-state index in [4.69, 9.17) is 9.47 Å². The molecule has 1 aromatic carbocycles. The lowest BCUT2D eigenvalue weighted by molar-refractivity contribution is 0.394. The van der Waals surface area contributed by atoms with Gasteiger partial charge < -0.3 is 14.0 Å². The van der Waals surface area contributed by atoms with Gasteiger partial charge in [0, 0.05) is 31.8 Å². The van der Waals surface area contributed by atoms with E-state index >= 15 is 0 Å². The Morgan fingerprint density at radius 2 is 1.70 bits per heavy atom. The molecule has 0 aliphatic rings. The van der Waals surface area contributed by atoms with Crippen LogP contribution in [0, 0.1) is 0 Å². The number of methoxy groups -OCH3 is 2. The van der Waals surface area contributed by atoms with Crippen molar-refractivity contribution in [2.75, 3.05) is 14.2 Å². The normalized spacial score (nSPS) is 11.5. The molecule has 0 aliphatic carbocycles. The molecule has 0 bridgehead atoms. The third kappa shape index (κ3) is 3.77. The molecule has 0 N–H and O–H groups in total. The maximum atomic E-state index is 13.0. The molecule has 8 nitrogen and oxygen atoms in total. The summed E-state index contributed by atoms with van der Waals surface area (Å²) in [7, 11) is 4.99. The van der Waals surface area contributed by atoms with Crippen LogP contribution >= 0.6 is 0 Å². The van der Waals surface area contributed by atoms with E-state index in [1.807, 2.05) is 38.1 Å². The summed E-state index contributed by atoms with van der Waals surface area (Å²) in [6, 6.07) is 5.54. The summed E-state index contributed by atoms with van der Waals surface area (Å²) in [4.78, 5) is 30.5. The average Bonchev–Trinajstić information content (AvgIpc) is 3.08. The monoisotopic (exact) mass is 412 g/mol. The Kier molecular flexibility index (Phi) is 6.44. The Hall–Kier alpha value is -3.29. The largest absolute Gasteiger partial charge is 0.497 e. The molecule has 0 unspecified atom stereocenters. The van der Waals surface area contributed by atoms with Crippen molar-refractivity contribution in [2.45, 2.75) is 39.8 Å². The third-order valence-corrected chi connectivity index (χ3v) is 5.02. The van der Waals surface area contributed by atoms with Gasteiger partial charge in [0.25, 0.3) is 5.56 Å². The van der Waals surface area contributed by atoms with Crippen molar-refractivity contribution in [1.82, 2.24) is 18.7 Å². The number of hydrogen-bond donors (Lipinski definition) is 0. The average molecular weight is 412 g/mol. The lowest BCUT2D eigenvalue weighted by atomic mass is 10.1. The molecule has 2 aromatic heterocycles. The van der Waals surface area contributed by atoms with Crippen molar-refractivity contribution >= 4 is 23.3 Å². The molecule has 0 radical (unpaired) electrons. The fraction of sp³-hybridized carbons (Fsp3) is 0.409. The fourth-order valence-corrected chi connectivity index (χ4v) is 3.49. The summed E-state index contributed by atoms with van der Waals surface area (Å²) in [5.41, 5.74) is 1.09. The molecular weight excluding hydrogens is 384 g/mol. The summed E-state index contributed by atoms with van der Waals surface area (Å²) in [6.07, 6.45) is 5.15. The van der Waals surface area contributed by atoms with E-state index in [-0.39, 0.29) is 11.2 Å². The van der Waals surface area contributed by atoms with Crippen LogP contribution in [0.2, 0.25) is 0 Å². The fourth-order valence-electron chi connectivity index (χ4n) is 3.49. The highest BCUT2D eigenvalue weighted by Gasteiger charge is 2.18. The molecule has 0 aliphatic heterocycles. The summed E-state index contributed by atoms with van der Waals surface area (Å²) < 4.78 is 15.3. The van der Waals surface area contributed by atoms with Gasteiger partial charge in [0.2, 0.25) is 0 Å². The predicted molar refractivity (Wildman–Crippen MR) is 118 cm³/mol. The van der Waals surface area contributed by atoms with Crippen molar-refractivity contribution in [3.05, 3.63) is 50.4 Å². The Labute approximate surface area is 175 Å². The summed E-state index contributed by atoms with van der Waals surface area (Å²) in [5.74, 6) is 1.95. The van der Waals surface area contributed by atoms with Gasteiger partial charge in [-0.2, -0.15) is 0 Å². The van der Waals surface area contributed by atoms with Crippen molar-refractivity contribution in [2.24, 2.45) is 7.05 Å². The summed E-state index contributed by atoms with van der Waals surface area (Å²) in [5, 5.41) is 0. The molecule has 160 valence electrons. The molecule has 3 rings (SSSR count). The van der Waals surface area contributed by atoms with Gasteiger partial charge in [-0.15, -0.1) is 0 Å². The number of benzene rings is 1.